The Morgan fingerprint density at radius 2 is 1.97 bits per heavy atom. The lowest BCUT2D eigenvalue weighted by molar-refractivity contribution is -0.126. The number of benzodiazepines with no additional fused rings is 1. The Labute approximate surface area is 208 Å². The summed E-state index contributed by atoms with van der Waals surface area (Å²) in [5, 5.41) is 22.5. The van der Waals surface area contributed by atoms with Crippen LogP contribution in [0.3, 0.4) is 0 Å². The molecular formula is C25H29N9O2. The number of aromatic nitrogens is 4. The molecule has 3 aromatic rings. The van der Waals surface area contributed by atoms with Gasteiger partial charge in [-0.1, -0.05) is 54.7 Å². The van der Waals surface area contributed by atoms with E-state index in [1.54, 1.807) is 24.2 Å². The maximum atomic E-state index is 13.9. The van der Waals surface area contributed by atoms with Crippen LogP contribution in [-0.4, -0.2) is 51.5 Å². The standard InChI is InChI=1S/C25H29N9O2/c1-34-21-13-6-5-9-18(21)16-27-25(22(34)35,19-10-3-2-4-11-19)29-24(36)28-20-12-7-8-17(14-20)15-26-23-30-32-33-31-23/h5-9,12-14,16,19H,2-4,10-11,15H2,1H3,(H2,28,29,36)(H2,26,30,31,32,33)/t25-/m0/s1. The van der Waals surface area contributed by atoms with Crippen LogP contribution >= 0.6 is 0 Å². The minimum atomic E-state index is -1.38. The molecule has 3 amide bonds. The summed E-state index contributed by atoms with van der Waals surface area (Å²) in [6.07, 6.45) is 6.50. The van der Waals surface area contributed by atoms with Crippen LogP contribution in [0.15, 0.2) is 53.5 Å². The maximum absolute atomic E-state index is 13.9. The lowest BCUT2D eigenvalue weighted by Gasteiger charge is -2.40. The van der Waals surface area contributed by atoms with Crippen LogP contribution in [0.5, 0.6) is 0 Å². The topological polar surface area (TPSA) is 140 Å². The third kappa shape index (κ3) is 4.77. The van der Waals surface area contributed by atoms with Crippen molar-refractivity contribution in [3.05, 3.63) is 59.7 Å². The van der Waals surface area contributed by atoms with Crippen molar-refractivity contribution in [1.29, 1.82) is 0 Å². The van der Waals surface area contributed by atoms with Crippen molar-refractivity contribution in [2.45, 2.75) is 44.3 Å². The summed E-state index contributed by atoms with van der Waals surface area (Å²) in [5.41, 5.74) is 1.76. The van der Waals surface area contributed by atoms with Gasteiger partial charge < -0.3 is 20.9 Å². The molecule has 36 heavy (non-hydrogen) atoms. The lowest BCUT2D eigenvalue weighted by atomic mass is 9.79. The average molecular weight is 488 g/mol. The molecule has 2 aromatic carbocycles. The first-order chi connectivity index (χ1) is 17.5. The van der Waals surface area contributed by atoms with Crippen molar-refractivity contribution >= 4 is 35.5 Å². The number of amides is 3. The summed E-state index contributed by atoms with van der Waals surface area (Å²) in [7, 11) is 1.74. The van der Waals surface area contributed by atoms with Crippen LogP contribution in [-0.2, 0) is 11.3 Å². The average Bonchev–Trinajstić information content (AvgIpc) is 3.40. The predicted molar refractivity (Wildman–Crippen MR) is 137 cm³/mol. The molecule has 1 saturated carbocycles. The second-order valence-electron chi connectivity index (χ2n) is 9.17. The number of para-hydroxylation sites is 1. The quantitative estimate of drug-likeness (QED) is 0.421. The number of rotatable bonds is 6. The Morgan fingerprint density at radius 3 is 2.78 bits per heavy atom. The highest BCUT2D eigenvalue weighted by Crippen LogP contribution is 2.38. The van der Waals surface area contributed by atoms with Crippen molar-refractivity contribution in [3.8, 4) is 0 Å². The Bertz CT molecular complexity index is 1250. The molecule has 2 aliphatic rings. The van der Waals surface area contributed by atoms with Crippen molar-refractivity contribution in [2.75, 3.05) is 22.6 Å². The Kier molecular flexibility index (Phi) is 6.61. The molecule has 11 nitrogen and oxygen atoms in total. The van der Waals surface area contributed by atoms with Crippen LogP contribution < -0.4 is 20.9 Å². The Hall–Kier alpha value is -4.28. The molecule has 0 radical (unpaired) electrons. The van der Waals surface area contributed by atoms with Crippen molar-refractivity contribution in [2.24, 2.45) is 10.9 Å². The Morgan fingerprint density at radius 1 is 1.14 bits per heavy atom. The van der Waals surface area contributed by atoms with Crippen LogP contribution in [0.1, 0.15) is 43.2 Å². The number of benzene rings is 2. The van der Waals surface area contributed by atoms with Gasteiger partial charge >= 0.3 is 6.03 Å². The highest BCUT2D eigenvalue weighted by molar-refractivity contribution is 6.09. The van der Waals surface area contributed by atoms with E-state index in [1.807, 2.05) is 42.5 Å². The number of fused-ring (bicyclic) bond motifs is 1. The number of aromatic amines is 1. The van der Waals surface area contributed by atoms with E-state index in [-0.39, 0.29) is 11.8 Å². The molecule has 1 aromatic heterocycles. The summed E-state index contributed by atoms with van der Waals surface area (Å²) in [5.74, 6) is 0.128. The van der Waals surface area contributed by atoms with Gasteiger partial charge in [-0.25, -0.2) is 9.89 Å². The van der Waals surface area contributed by atoms with Crippen LogP contribution in [0, 0.1) is 5.92 Å². The van der Waals surface area contributed by atoms with E-state index in [4.69, 9.17) is 4.99 Å². The van der Waals surface area contributed by atoms with Gasteiger partial charge in [-0.2, -0.15) is 0 Å². The van der Waals surface area contributed by atoms with Crippen molar-refractivity contribution in [1.82, 2.24) is 25.9 Å². The molecule has 1 aliphatic carbocycles. The molecule has 2 heterocycles. The van der Waals surface area contributed by atoms with E-state index >= 15 is 0 Å². The summed E-state index contributed by atoms with van der Waals surface area (Å²) in [4.78, 5) is 33.6. The number of urea groups is 1. The van der Waals surface area contributed by atoms with Crippen LogP contribution in [0.4, 0.5) is 22.1 Å². The number of nitrogens with one attached hydrogen (secondary N) is 4. The minimum Gasteiger partial charge on any atom is -0.349 e. The van der Waals surface area contributed by atoms with Gasteiger partial charge in [0.15, 0.2) is 0 Å². The zero-order chi connectivity index (χ0) is 25.0. The number of hydrogen-bond acceptors (Lipinski definition) is 7. The SMILES string of the molecule is CN1C(=O)[C@@](NC(=O)Nc2cccc(CNc3nnn[nH]3)c2)(C2CCCCC2)N=Cc2ccccc21. The summed E-state index contributed by atoms with van der Waals surface area (Å²) in [6.45, 7) is 0.464. The molecule has 11 heteroatoms. The van der Waals surface area contributed by atoms with Gasteiger partial charge in [-0.3, -0.25) is 9.79 Å². The second-order valence-corrected chi connectivity index (χ2v) is 9.17. The van der Waals surface area contributed by atoms with E-state index in [2.05, 4.69) is 36.6 Å². The van der Waals surface area contributed by atoms with Crippen molar-refractivity contribution in [3.63, 3.8) is 0 Å². The fourth-order valence-electron chi connectivity index (χ4n) is 5.00. The molecular weight excluding hydrogens is 458 g/mol. The number of nitrogens with zero attached hydrogens (tertiary/aromatic N) is 5. The van der Waals surface area contributed by atoms with Gasteiger partial charge in [-0.05, 0) is 47.0 Å². The van der Waals surface area contributed by atoms with E-state index in [0.29, 0.717) is 18.2 Å². The summed E-state index contributed by atoms with van der Waals surface area (Å²) < 4.78 is 0. The van der Waals surface area contributed by atoms with E-state index < -0.39 is 11.7 Å². The second kappa shape index (κ2) is 10.1. The monoisotopic (exact) mass is 487 g/mol. The number of H-pyrrole nitrogens is 1. The van der Waals surface area contributed by atoms with Gasteiger partial charge in [0.2, 0.25) is 11.6 Å². The summed E-state index contributed by atoms with van der Waals surface area (Å²) >= 11 is 0. The summed E-state index contributed by atoms with van der Waals surface area (Å²) in [6, 6.07) is 14.6. The Balaban J connectivity index is 1.37. The van der Waals surface area contributed by atoms with Gasteiger partial charge in [0.1, 0.15) is 0 Å². The fourth-order valence-corrected chi connectivity index (χ4v) is 5.00. The van der Waals surface area contributed by atoms with Gasteiger partial charge in [0.25, 0.3) is 5.91 Å². The largest absolute Gasteiger partial charge is 0.349 e. The predicted octanol–water partition coefficient (Wildman–Crippen LogP) is 3.31. The van der Waals surface area contributed by atoms with Crippen molar-refractivity contribution < 1.29 is 9.59 Å². The van der Waals surface area contributed by atoms with Gasteiger partial charge in [0, 0.05) is 37.0 Å². The molecule has 1 aliphatic heterocycles. The molecule has 0 saturated heterocycles. The highest BCUT2D eigenvalue weighted by Gasteiger charge is 2.49. The molecule has 1 atom stereocenters. The number of anilines is 3. The van der Waals surface area contributed by atoms with Crippen LogP contribution in [0.2, 0.25) is 0 Å². The minimum absolute atomic E-state index is 0.0939. The maximum Gasteiger partial charge on any atom is 0.321 e. The number of tetrazole rings is 1. The zero-order valence-corrected chi connectivity index (χ0v) is 20.1. The normalized spacial score (nSPS) is 19.9. The molecule has 0 bridgehead atoms. The third-order valence-electron chi connectivity index (χ3n) is 6.83. The molecule has 0 unspecified atom stereocenters. The number of carbonyl (C=O) groups excluding carboxylic acids is 2. The first-order valence-electron chi connectivity index (χ1n) is 12.1. The number of likely N-dealkylation sites (N-methyl/N-ethyl adjacent to an activating group) is 1. The molecule has 1 fully saturated rings. The molecule has 4 N–H and O–H groups in total. The number of aliphatic imine (C=N–C) groups is 1. The highest BCUT2D eigenvalue weighted by atomic mass is 16.2. The van der Waals surface area contributed by atoms with Gasteiger partial charge in [-0.15, -0.1) is 0 Å². The number of carbonyl (C=O) groups is 2. The molecule has 0 spiro atoms. The lowest BCUT2D eigenvalue weighted by Crippen LogP contribution is -2.63. The van der Waals surface area contributed by atoms with E-state index in [1.165, 1.54) is 0 Å². The van der Waals surface area contributed by atoms with E-state index in [0.717, 1.165) is 48.9 Å². The smallest absolute Gasteiger partial charge is 0.321 e. The first-order valence-corrected chi connectivity index (χ1v) is 12.1. The number of hydrogen-bond donors (Lipinski definition) is 4. The van der Waals surface area contributed by atoms with Gasteiger partial charge in [0.05, 0.1) is 5.69 Å². The van der Waals surface area contributed by atoms with E-state index in [9.17, 15) is 9.59 Å². The molecule has 5 rings (SSSR count). The molecule has 186 valence electrons. The van der Waals surface area contributed by atoms with Crippen LogP contribution in [0.25, 0.3) is 0 Å². The zero-order valence-electron chi connectivity index (χ0n) is 20.1. The fraction of sp³-hybridized carbons (Fsp3) is 0.360. The first kappa shape index (κ1) is 23.5. The third-order valence-corrected chi connectivity index (χ3v) is 6.83.